The second-order valence-corrected chi connectivity index (χ2v) is 6.69. The molecule has 0 amide bonds. The largest absolute Gasteiger partial charge is 0.310 e. The summed E-state index contributed by atoms with van der Waals surface area (Å²) >= 11 is 5.26. The molecule has 1 N–H and O–H groups in total. The molecule has 1 atom stereocenters. The molecule has 0 aliphatic rings. The third-order valence-electron chi connectivity index (χ3n) is 2.95. The number of aryl methyl sites for hydroxylation is 2. The Labute approximate surface area is 120 Å². The predicted octanol–water partition coefficient (Wildman–Crippen LogP) is 3.45. The van der Waals surface area contributed by atoms with Crippen LogP contribution in [0.2, 0.25) is 0 Å². The SMILES string of the molecule is CCNC(Cc1cc(C)nn1C)c1csc(Br)c1. The number of nitrogens with one attached hydrogen (secondary N) is 1. The van der Waals surface area contributed by atoms with Gasteiger partial charge >= 0.3 is 0 Å². The number of likely N-dealkylation sites (N-methyl/N-ethyl adjacent to an activating group) is 1. The van der Waals surface area contributed by atoms with Crippen molar-refractivity contribution in [3.8, 4) is 0 Å². The summed E-state index contributed by atoms with van der Waals surface area (Å²) in [6.07, 6.45) is 0.967. The van der Waals surface area contributed by atoms with E-state index in [0.29, 0.717) is 6.04 Å². The molecule has 0 aliphatic heterocycles. The zero-order chi connectivity index (χ0) is 13.1. The minimum absolute atomic E-state index is 0.354. The highest BCUT2D eigenvalue weighted by Gasteiger charge is 2.15. The van der Waals surface area contributed by atoms with E-state index in [1.807, 2.05) is 18.7 Å². The van der Waals surface area contributed by atoms with Crippen LogP contribution in [0.25, 0.3) is 0 Å². The smallest absolute Gasteiger partial charge is 0.0701 e. The quantitative estimate of drug-likeness (QED) is 0.911. The van der Waals surface area contributed by atoms with Gasteiger partial charge in [-0.25, -0.2) is 0 Å². The van der Waals surface area contributed by atoms with Gasteiger partial charge in [-0.15, -0.1) is 11.3 Å². The molecule has 0 fully saturated rings. The number of hydrogen-bond acceptors (Lipinski definition) is 3. The number of thiophene rings is 1. The molecule has 0 spiro atoms. The lowest BCUT2D eigenvalue weighted by Crippen LogP contribution is -2.23. The van der Waals surface area contributed by atoms with Gasteiger partial charge in [0.1, 0.15) is 0 Å². The molecular formula is C13H18BrN3S. The van der Waals surface area contributed by atoms with Gasteiger partial charge in [0, 0.05) is 25.2 Å². The van der Waals surface area contributed by atoms with E-state index in [-0.39, 0.29) is 0 Å². The first kappa shape index (κ1) is 13.8. The third-order valence-corrected chi connectivity index (χ3v) is 4.48. The maximum atomic E-state index is 4.41. The summed E-state index contributed by atoms with van der Waals surface area (Å²) < 4.78 is 3.16. The first-order valence-corrected chi connectivity index (χ1v) is 7.74. The van der Waals surface area contributed by atoms with Gasteiger partial charge in [-0.05, 0) is 52.5 Å². The highest BCUT2D eigenvalue weighted by molar-refractivity contribution is 9.11. The van der Waals surface area contributed by atoms with Crippen molar-refractivity contribution in [2.24, 2.45) is 7.05 Å². The number of halogens is 1. The van der Waals surface area contributed by atoms with Gasteiger partial charge < -0.3 is 5.32 Å². The zero-order valence-electron chi connectivity index (χ0n) is 10.9. The Morgan fingerprint density at radius 3 is 2.78 bits per heavy atom. The minimum atomic E-state index is 0.354. The van der Waals surface area contributed by atoms with Crippen LogP contribution < -0.4 is 5.32 Å². The van der Waals surface area contributed by atoms with Crippen LogP contribution in [-0.2, 0) is 13.5 Å². The number of rotatable bonds is 5. The summed E-state index contributed by atoms with van der Waals surface area (Å²) in [6.45, 7) is 5.14. The highest BCUT2D eigenvalue weighted by atomic mass is 79.9. The van der Waals surface area contributed by atoms with E-state index in [0.717, 1.165) is 18.7 Å². The van der Waals surface area contributed by atoms with Crippen molar-refractivity contribution in [1.82, 2.24) is 15.1 Å². The van der Waals surface area contributed by atoms with Crippen LogP contribution in [0.4, 0.5) is 0 Å². The van der Waals surface area contributed by atoms with Crippen molar-refractivity contribution in [2.45, 2.75) is 26.3 Å². The molecule has 0 bridgehead atoms. The summed E-state index contributed by atoms with van der Waals surface area (Å²) in [5.74, 6) is 0. The van der Waals surface area contributed by atoms with Crippen LogP contribution in [0, 0.1) is 6.92 Å². The topological polar surface area (TPSA) is 29.9 Å². The fourth-order valence-corrected chi connectivity index (χ4v) is 3.35. The average molecular weight is 328 g/mol. The van der Waals surface area contributed by atoms with Gasteiger partial charge in [-0.1, -0.05) is 6.92 Å². The Morgan fingerprint density at radius 2 is 2.28 bits per heavy atom. The van der Waals surface area contributed by atoms with E-state index in [1.54, 1.807) is 11.3 Å². The average Bonchev–Trinajstić information content (AvgIpc) is 2.85. The van der Waals surface area contributed by atoms with Gasteiger partial charge in [-0.2, -0.15) is 5.10 Å². The normalized spacial score (nSPS) is 12.9. The van der Waals surface area contributed by atoms with Crippen molar-refractivity contribution < 1.29 is 0 Å². The Hall–Kier alpha value is -0.650. The molecule has 0 saturated carbocycles. The predicted molar refractivity (Wildman–Crippen MR) is 80.1 cm³/mol. The lowest BCUT2D eigenvalue weighted by atomic mass is 10.1. The first-order chi connectivity index (χ1) is 8.60. The molecule has 2 aromatic rings. The molecule has 0 saturated heterocycles. The molecule has 2 rings (SSSR count). The van der Waals surface area contributed by atoms with Crippen LogP contribution in [0.15, 0.2) is 21.3 Å². The molecule has 2 aromatic heterocycles. The van der Waals surface area contributed by atoms with Crippen LogP contribution in [0.1, 0.15) is 29.9 Å². The molecule has 98 valence electrons. The maximum Gasteiger partial charge on any atom is 0.0701 e. The Bertz CT molecular complexity index is 518. The monoisotopic (exact) mass is 327 g/mol. The van der Waals surface area contributed by atoms with Crippen molar-refractivity contribution >= 4 is 27.3 Å². The van der Waals surface area contributed by atoms with Crippen LogP contribution >= 0.6 is 27.3 Å². The summed E-state index contributed by atoms with van der Waals surface area (Å²) in [6, 6.07) is 4.71. The van der Waals surface area contributed by atoms with Gasteiger partial charge in [0.2, 0.25) is 0 Å². The molecule has 5 heteroatoms. The minimum Gasteiger partial charge on any atom is -0.310 e. The fourth-order valence-electron chi connectivity index (χ4n) is 2.12. The second kappa shape index (κ2) is 5.99. The maximum absolute atomic E-state index is 4.41. The van der Waals surface area contributed by atoms with E-state index >= 15 is 0 Å². The van der Waals surface area contributed by atoms with E-state index in [9.17, 15) is 0 Å². The summed E-state index contributed by atoms with van der Waals surface area (Å²) in [4.78, 5) is 0. The Kier molecular flexibility index (Phi) is 4.59. The molecule has 3 nitrogen and oxygen atoms in total. The van der Waals surface area contributed by atoms with Crippen molar-refractivity contribution in [2.75, 3.05) is 6.54 Å². The van der Waals surface area contributed by atoms with Gasteiger partial charge in [0.25, 0.3) is 0 Å². The third kappa shape index (κ3) is 3.22. The van der Waals surface area contributed by atoms with Gasteiger partial charge in [0.05, 0.1) is 9.48 Å². The standard InChI is InChI=1S/C13H18BrN3S/c1-4-15-12(10-6-13(14)18-8-10)7-11-5-9(2)16-17(11)3/h5-6,8,12,15H,4,7H2,1-3H3. The Balaban J connectivity index is 2.18. The fraction of sp³-hybridized carbons (Fsp3) is 0.462. The number of aromatic nitrogens is 2. The molecule has 0 aliphatic carbocycles. The van der Waals surface area contributed by atoms with E-state index in [1.165, 1.54) is 15.0 Å². The highest BCUT2D eigenvalue weighted by Crippen LogP contribution is 2.27. The summed E-state index contributed by atoms with van der Waals surface area (Å²) in [7, 11) is 2.01. The van der Waals surface area contributed by atoms with Crippen LogP contribution in [-0.4, -0.2) is 16.3 Å². The van der Waals surface area contributed by atoms with Gasteiger partial charge in [0.15, 0.2) is 0 Å². The van der Waals surface area contributed by atoms with Crippen LogP contribution in [0.3, 0.4) is 0 Å². The summed E-state index contributed by atoms with van der Waals surface area (Å²) in [5, 5.41) is 10.2. The van der Waals surface area contributed by atoms with E-state index < -0.39 is 0 Å². The number of nitrogens with zero attached hydrogens (tertiary/aromatic N) is 2. The Morgan fingerprint density at radius 1 is 1.50 bits per heavy atom. The van der Waals surface area contributed by atoms with Crippen LogP contribution in [0.5, 0.6) is 0 Å². The van der Waals surface area contributed by atoms with E-state index in [4.69, 9.17) is 0 Å². The molecular weight excluding hydrogens is 310 g/mol. The summed E-state index contributed by atoms with van der Waals surface area (Å²) in [5.41, 5.74) is 3.68. The van der Waals surface area contributed by atoms with Crippen molar-refractivity contribution in [3.05, 3.63) is 38.3 Å². The lowest BCUT2D eigenvalue weighted by Gasteiger charge is -2.16. The molecule has 18 heavy (non-hydrogen) atoms. The molecule has 0 aromatic carbocycles. The molecule has 0 radical (unpaired) electrons. The van der Waals surface area contributed by atoms with Crippen molar-refractivity contribution in [3.63, 3.8) is 0 Å². The number of hydrogen-bond donors (Lipinski definition) is 1. The second-order valence-electron chi connectivity index (χ2n) is 4.40. The van der Waals surface area contributed by atoms with E-state index in [2.05, 4.69) is 50.8 Å². The first-order valence-electron chi connectivity index (χ1n) is 6.07. The molecule has 1 unspecified atom stereocenters. The molecule has 2 heterocycles. The van der Waals surface area contributed by atoms with Gasteiger partial charge in [-0.3, -0.25) is 4.68 Å². The lowest BCUT2D eigenvalue weighted by molar-refractivity contribution is 0.530. The van der Waals surface area contributed by atoms with Crippen molar-refractivity contribution in [1.29, 1.82) is 0 Å². The zero-order valence-corrected chi connectivity index (χ0v) is 13.3.